The first-order valence-electron chi connectivity index (χ1n) is 7.56. The van der Waals surface area contributed by atoms with Gasteiger partial charge in [-0.2, -0.15) is 5.10 Å². The largest absolute Gasteiger partial charge is 0.463 e. The minimum atomic E-state index is -0.271. The highest BCUT2D eigenvalue weighted by Gasteiger charge is 2.04. The molecule has 3 rings (SSSR count). The number of furan rings is 1. The van der Waals surface area contributed by atoms with Crippen LogP contribution in [0.15, 0.2) is 82.5 Å². The van der Waals surface area contributed by atoms with Gasteiger partial charge in [-0.3, -0.25) is 4.79 Å². The standard InChI is InChI=1S/C19H17N3O2/c23-19(22-21-14-18-7-4-12-24-18)16-8-10-17(11-9-16)20-13-15-5-2-1-3-6-15/h1-12,14,20H,13H2,(H,22,23). The number of rotatable bonds is 6. The lowest BCUT2D eigenvalue weighted by Gasteiger charge is -2.07. The van der Waals surface area contributed by atoms with Crippen molar-refractivity contribution in [3.8, 4) is 0 Å². The summed E-state index contributed by atoms with van der Waals surface area (Å²) in [5.41, 5.74) is 5.16. The number of anilines is 1. The molecule has 0 aliphatic heterocycles. The molecule has 2 aromatic carbocycles. The van der Waals surface area contributed by atoms with Crippen LogP contribution in [-0.2, 0) is 6.54 Å². The van der Waals surface area contributed by atoms with Gasteiger partial charge in [0.1, 0.15) is 5.76 Å². The fourth-order valence-corrected chi connectivity index (χ4v) is 2.12. The van der Waals surface area contributed by atoms with Crippen molar-refractivity contribution < 1.29 is 9.21 Å². The van der Waals surface area contributed by atoms with E-state index in [1.165, 1.54) is 11.8 Å². The van der Waals surface area contributed by atoms with Gasteiger partial charge >= 0.3 is 0 Å². The van der Waals surface area contributed by atoms with Crippen LogP contribution in [0.3, 0.4) is 0 Å². The molecule has 0 saturated carbocycles. The molecule has 2 N–H and O–H groups in total. The molecule has 1 heterocycles. The highest BCUT2D eigenvalue weighted by atomic mass is 16.3. The van der Waals surface area contributed by atoms with Crippen LogP contribution in [0.25, 0.3) is 0 Å². The maximum Gasteiger partial charge on any atom is 0.271 e. The third-order valence-electron chi connectivity index (χ3n) is 3.39. The number of hydrogen-bond donors (Lipinski definition) is 2. The first-order valence-corrected chi connectivity index (χ1v) is 7.56. The van der Waals surface area contributed by atoms with E-state index in [1.54, 1.807) is 30.5 Å². The lowest BCUT2D eigenvalue weighted by atomic mass is 10.2. The zero-order chi connectivity index (χ0) is 16.6. The average molecular weight is 319 g/mol. The summed E-state index contributed by atoms with van der Waals surface area (Å²) in [5.74, 6) is 0.308. The van der Waals surface area contributed by atoms with Crippen molar-refractivity contribution in [1.29, 1.82) is 0 Å². The Morgan fingerprint density at radius 3 is 2.50 bits per heavy atom. The maximum absolute atomic E-state index is 12.0. The lowest BCUT2D eigenvalue weighted by molar-refractivity contribution is 0.0955. The molecule has 0 aliphatic rings. The zero-order valence-corrected chi connectivity index (χ0v) is 13.0. The molecule has 0 aliphatic carbocycles. The van der Waals surface area contributed by atoms with Crippen LogP contribution in [0.5, 0.6) is 0 Å². The molecule has 120 valence electrons. The van der Waals surface area contributed by atoms with E-state index in [0.29, 0.717) is 11.3 Å². The SMILES string of the molecule is O=C(NN=Cc1ccco1)c1ccc(NCc2ccccc2)cc1. The highest BCUT2D eigenvalue weighted by Crippen LogP contribution is 2.11. The van der Waals surface area contributed by atoms with Gasteiger partial charge in [-0.25, -0.2) is 5.43 Å². The van der Waals surface area contributed by atoms with Crippen LogP contribution in [-0.4, -0.2) is 12.1 Å². The van der Waals surface area contributed by atoms with Crippen molar-refractivity contribution in [2.75, 3.05) is 5.32 Å². The normalized spacial score (nSPS) is 10.7. The quantitative estimate of drug-likeness (QED) is 0.538. The van der Waals surface area contributed by atoms with Crippen molar-refractivity contribution in [3.63, 3.8) is 0 Å². The molecule has 0 radical (unpaired) electrons. The number of carbonyl (C=O) groups excluding carboxylic acids is 1. The van der Waals surface area contributed by atoms with Crippen LogP contribution >= 0.6 is 0 Å². The summed E-state index contributed by atoms with van der Waals surface area (Å²) in [7, 11) is 0. The number of nitrogens with one attached hydrogen (secondary N) is 2. The Morgan fingerprint density at radius 1 is 1.00 bits per heavy atom. The number of benzene rings is 2. The van der Waals surface area contributed by atoms with E-state index < -0.39 is 0 Å². The third-order valence-corrected chi connectivity index (χ3v) is 3.39. The highest BCUT2D eigenvalue weighted by molar-refractivity contribution is 5.95. The summed E-state index contributed by atoms with van der Waals surface area (Å²) < 4.78 is 5.09. The second-order valence-electron chi connectivity index (χ2n) is 5.13. The third kappa shape index (κ3) is 4.33. The van der Waals surface area contributed by atoms with Crippen molar-refractivity contribution in [2.45, 2.75) is 6.54 Å². The molecule has 5 heteroatoms. The molecule has 0 spiro atoms. The number of amides is 1. The predicted octanol–water partition coefficient (Wildman–Crippen LogP) is 3.66. The summed E-state index contributed by atoms with van der Waals surface area (Å²) in [6.07, 6.45) is 3.00. The molecule has 0 saturated heterocycles. The van der Waals surface area contributed by atoms with E-state index in [1.807, 2.05) is 30.3 Å². The van der Waals surface area contributed by atoms with Gasteiger partial charge in [-0.15, -0.1) is 0 Å². The van der Waals surface area contributed by atoms with Gasteiger partial charge in [0.2, 0.25) is 0 Å². The van der Waals surface area contributed by atoms with E-state index in [2.05, 4.69) is 28.0 Å². The molecule has 0 fully saturated rings. The number of nitrogens with zero attached hydrogens (tertiary/aromatic N) is 1. The Hall–Kier alpha value is -3.34. The maximum atomic E-state index is 12.0. The van der Waals surface area contributed by atoms with Crippen LogP contribution in [0, 0.1) is 0 Å². The minimum absolute atomic E-state index is 0.271. The molecule has 5 nitrogen and oxygen atoms in total. The summed E-state index contributed by atoms with van der Waals surface area (Å²) in [5, 5.41) is 7.17. The van der Waals surface area contributed by atoms with Crippen LogP contribution in [0.1, 0.15) is 21.7 Å². The van der Waals surface area contributed by atoms with Gasteiger partial charge in [0.15, 0.2) is 0 Å². The molecule has 0 unspecified atom stereocenters. The summed E-state index contributed by atoms with van der Waals surface area (Å²) in [4.78, 5) is 12.0. The van der Waals surface area contributed by atoms with E-state index >= 15 is 0 Å². The summed E-state index contributed by atoms with van der Waals surface area (Å²) in [6, 6.07) is 20.9. The van der Waals surface area contributed by atoms with E-state index in [4.69, 9.17) is 4.42 Å². The predicted molar refractivity (Wildman–Crippen MR) is 94.0 cm³/mol. The first-order chi connectivity index (χ1) is 11.8. The van der Waals surface area contributed by atoms with E-state index in [9.17, 15) is 4.79 Å². The van der Waals surface area contributed by atoms with Crippen molar-refractivity contribution in [2.24, 2.45) is 5.10 Å². The molecule has 1 amide bonds. The molecule has 3 aromatic rings. The summed E-state index contributed by atoms with van der Waals surface area (Å²) >= 11 is 0. The fraction of sp³-hybridized carbons (Fsp3) is 0.0526. The number of hydrogen-bond acceptors (Lipinski definition) is 4. The van der Waals surface area contributed by atoms with Crippen LogP contribution in [0.4, 0.5) is 5.69 Å². The monoisotopic (exact) mass is 319 g/mol. The Bertz CT molecular complexity index is 794. The second kappa shape index (κ2) is 7.78. The number of carbonyl (C=O) groups is 1. The van der Waals surface area contributed by atoms with Gasteiger partial charge in [0.25, 0.3) is 5.91 Å². The lowest BCUT2D eigenvalue weighted by Crippen LogP contribution is -2.17. The first kappa shape index (κ1) is 15.6. The van der Waals surface area contributed by atoms with Gasteiger partial charge < -0.3 is 9.73 Å². The van der Waals surface area contributed by atoms with Crippen molar-refractivity contribution in [3.05, 3.63) is 89.9 Å². The Balaban J connectivity index is 1.52. The Morgan fingerprint density at radius 2 is 1.79 bits per heavy atom. The van der Waals surface area contributed by atoms with Gasteiger partial charge in [0.05, 0.1) is 12.5 Å². The number of hydrazone groups is 1. The molecule has 0 bridgehead atoms. The Labute approximate surface area is 140 Å². The molecule has 0 atom stereocenters. The van der Waals surface area contributed by atoms with Crippen LogP contribution in [0.2, 0.25) is 0 Å². The smallest absolute Gasteiger partial charge is 0.271 e. The van der Waals surface area contributed by atoms with E-state index in [-0.39, 0.29) is 5.91 Å². The van der Waals surface area contributed by atoms with Crippen molar-refractivity contribution in [1.82, 2.24) is 5.43 Å². The van der Waals surface area contributed by atoms with Gasteiger partial charge in [0, 0.05) is 17.8 Å². The topological polar surface area (TPSA) is 66.6 Å². The molecule has 24 heavy (non-hydrogen) atoms. The van der Waals surface area contributed by atoms with E-state index in [0.717, 1.165) is 12.2 Å². The second-order valence-corrected chi connectivity index (χ2v) is 5.13. The van der Waals surface area contributed by atoms with Crippen LogP contribution < -0.4 is 10.7 Å². The molecule has 1 aromatic heterocycles. The fourth-order valence-electron chi connectivity index (χ4n) is 2.12. The van der Waals surface area contributed by atoms with Gasteiger partial charge in [-0.1, -0.05) is 30.3 Å². The molecular formula is C19H17N3O2. The molecular weight excluding hydrogens is 302 g/mol. The Kier molecular flexibility index (Phi) is 5.04. The average Bonchev–Trinajstić information content (AvgIpc) is 3.15. The summed E-state index contributed by atoms with van der Waals surface area (Å²) in [6.45, 7) is 0.736. The van der Waals surface area contributed by atoms with Gasteiger partial charge in [-0.05, 0) is 42.0 Å². The van der Waals surface area contributed by atoms with Crippen molar-refractivity contribution >= 4 is 17.8 Å². The zero-order valence-electron chi connectivity index (χ0n) is 13.0. The minimum Gasteiger partial charge on any atom is -0.463 e.